The molecule has 1 N–H and O–H groups in total. The lowest BCUT2D eigenvalue weighted by atomic mass is 10.1. The fourth-order valence-corrected chi connectivity index (χ4v) is 3.31. The van der Waals surface area contributed by atoms with E-state index >= 15 is 0 Å². The zero-order chi connectivity index (χ0) is 19.5. The molecule has 0 aliphatic heterocycles. The molecule has 4 rings (SSSR count). The minimum absolute atomic E-state index is 0.418. The highest BCUT2D eigenvalue weighted by Crippen LogP contribution is 2.28. The van der Waals surface area contributed by atoms with Crippen LogP contribution in [0.25, 0.3) is 17.0 Å². The van der Waals surface area contributed by atoms with Crippen molar-refractivity contribution in [2.75, 3.05) is 26.0 Å². The lowest BCUT2D eigenvalue weighted by molar-refractivity contribution is 0.413. The molecule has 1 aromatic carbocycles. The number of anilines is 2. The molecule has 3 aromatic heterocycles. The molecule has 3 heterocycles. The van der Waals surface area contributed by atoms with E-state index in [0.717, 1.165) is 30.0 Å². The van der Waals surface area contributed by atoms with Gasteiger partial charge >= 0.3 is 0 Å². The van der Waals surface area contributed by atoms with Gasteiger partial charge in [-0.3, -0.25) is 4.40 Å². The van der Waals surface area contributed by atoms with Crippen molar-refractivity contribution in [2.45, 2.75) is 6.42 Å². The molecule has 0 aliphatic carbocycles. The molecule has 28 heavy (non-hydrogen) atoms. The number of halogens is 1. The summed E-state index contributed by atoms with van der Waals surface area (Å²) in [7, 11) is 4.15. The van der Waals surface area contributed by atoms with Crippen LogP contribution in [0.15, 0.2) is 60.9 Å². The van der Waals surface area contributed by atoms with Gasteiger partial charge in [0.15, 0.2) is 5.15 Å². The largest absolute Gasteiger partial charge is 0.324 e. The van der Waals surface area contributed by atoms with Gasteiger partial charge in [-0.15, -0.1) is 0 Å². The van der Waals surface area contributed by atoms with Crippen LogP contribution in [0.2, 0.25) is 5.15 Å². The van der Waals surface area contributed by atoms with E-state index in [1.165, 1.54) is 5.56 Å². The highest BCUT2D eigenvalue weighted by Gasteiger charge is 2.14. The second kappa shape index (κ2) is 7.96. The molecule has 142 valence electrons. The first-order valence-electron chi connectivity index (χ1n) is 9.07. The molecule has 0 radical (unpaired) electrons. The van der Waals surface area contributed by atoms with Crippen LogP contribution in [0.3, 0.4) is 0 Å². The summed E-state index contributed by atoms with van der Waals surface area (Å²) in [5, 5.41) is 3.71. The topological polar surface area (TPSA) is 58.3 Å². The van der Waals surface area contributed by atoms with E-state index < -0.39 is 0 Å². The van der Waals surface area contributed by atoms with Gasteiger partial charge in [0.25, 0.3) is 0 Å². The summed E-state index contributed by atoms with van der Waals surface area (Å²) in [5.74, 6) is 0.518. The van der Waals surface area contributed by atoms with Crippen LogP contribution >= 0.6 is 11.6 Å². The Morgan fingerprint density at radius 3 is 2.82 bits per heavy atom. The third-order valence-corrected chi connectivity index (χ3v) is 4.68. The zero-order valence-corrected chi connectivity index (χ0v) is 16.6. The second-order valence-electron chi connectivity index (χ2n) is 6.82. The lowest BCUT2D eigenvalue weighted by Crippen LogP contribution is -2.15. The Morgan fingerprint density at radius 1 is 1.07 bits per heavy atom. The average molecular weight is 393 g/mol. The quantitative estimate of drug-likeness (QED) is 0.530. The Hall–Kier alpha value is -2.96. The molecule has 0 atom stereocenters. The second-order valence-corrected chi connectivity index (χ2v) is 7.18. The van der Waals surface area contributed by atoms with Crippen LogP contribution in [-0.2, 0) is 6.42 Å². The van der Waals surface area contributed by atoms with Gasteiger partial charge in [-0.2, -0.15) is 0 Å². The van der Waals surface area contributed by atoms with Crippen molar-refractivity contribution in [1.82, 2.24) is 24.3 Å². The van der Waals surface area contributed by atoms with Gasteiger partial charge in [-0.05, 0) is 56.4 Å². The van der Waals surface area contributed by atoms with Gasteiger partial charge in [0.2, 0.25) is 5.95 Å². The molecule has 0 spiro atoms. The lowest BCUT2D eigenvalue weighted by Gasteiger charge is -2.11. The van der Waals surface area contributed by atoms with E-state index in [9.17, 15) is 0 Å². The van der Waals surface area contributed by atoms with Crippen LogP contribution in [0.4, 0.5) is 11.6 Å². The maximum Gasteiger partial charge on any atom is 0.227 e. The standard InChI is InChI=1S/C21H21ClN6/c1-27(2)13-10-15-6-5-7-16(14-15)24-21-23-11-9-17(25-21)19-20(22)26-18-8-3-4-12-28(18)19/h3-9,11-12,14H,10,13H2,1-2H3,(H,23,24,25). The van der Waals surface area contributed by atoms with E-state index in [-0.39, 0.29) is 0 Å². The van der Waals surface area contributed by atoms with Crippen molar-refractivity contribution in [2.24, 2.45) is 0 Å². The van der Waals surface area contributed by atoms with Crippen LogP contribution in [0, 0.1) is 0 Å². The molecular formula is C21H21ClN6. The van der Waals surface area contributed by atoms with Gasteiger partial charge < -0.3 is 10.2 Å². The summed E-state index contributed by atoms with van der Waals surface area (Å²) < 4.78 is 1.93. The number of hydrogen-bond acceptors (Lipinski definition) is 5. The van der Waals surface area contributed by atoms with Gasteiger partial charge in [0, 0.05) is 24.6 Å². The molecule has 0 fully saturated rings. The Labute approximate surface area is 168 Å². The first kappa shape index (κ1) is 18.4. The van der Waals surface area contributed by atoms with Crippen molar-refractivity contribution in [3.63, 3.8) is 0 Å². The Bertz CT molecular complexity index is 1100. The summed E-state index contributed by atoms with van der Waals surface area (Å²) >= 11 is 6.38. The number of aromatic nitrogens is 4. The minimum Gasteiger partial charge on any atom is -0.324 e. The minimum atomic E-state index is 0.418. The molecule has 0 unspecified atom stereocenters. The summed E-state index contributed by atoms with van der Waals surface area (Å²) in [6, 6.07) is 15.9. The van der Waals surface area contributed by atoms with Crippen molar-refractivity contribution >= 4 is 28.9 Å². The maximum atomic E-state index is 6.38. The fraction of sp³-hybridized carbons (Fsp3) is 0.190. The van der Waals surface area contributed by atoms with Crippen LogP contribution < -0.4 is 5.32 Å². The molecule has 0 aliphatic rings. The van der Waals surface area contributed by atoms with Crippen LogP contribution in [-0.4, -0.2) is 44.9 Å². The summed E-state index contributed by atoms with van der Waals surface area (Å²) in [6.45, 7) is 1.00. The van der Waals surface area contributed by atoms with Crippen molar-refractivity contribution < 1.29 is 0 Å². The van der Waals surface area contributed by atoms with E-state index in [1.807, 2.05) is 47.0 Å². The third kappa shape index (κ3) is 3.98. The normalized spacial score (nSPS) is 11.3. The third-order valence-electron chi connectivity index (χ3n) is 4.42. The Kier molecular flexibility index (Phi) is 5.23. The molecule has 4 aromatic rings. The van der Waals surface area contributed by atoms with Gasteiger partial charge in [-0.1, -0.05) is 29.8 Å². The molecule has 0 saturated carbocycles. The maximum absolute atomic E-state index is 6.38. The van der Waals surface area contributed by atoms with E-state index in [0.29, 0.717) is 16.8 Å². The highest BCUT2D eigenvalue weighted by atomic mass is 35.5. The number of fused-ring (bicyclic) bond motifs is 1. The fourth-order valence-electron chi connectivity index (χ4n) is 3.03. The SMILES string of the molecule is CN(C)CCc1cccc(Nc2nccc(-c3c(Cl)nc4ccccn34)n2)c1. The highest BCUT2D eigenvalue weighted by molar-refractivity contribution is 6.32. The van der Waals surface area contributed by atoms with Gasteiger partial charge in [0.1, 0.15) is 11.3 Å². The zero-order valence-electron chi connectivity index (χ0n) is 15.8. The average Bonchev–Trinajstić information content (AvgIpc) is 3.02. The predicted molar refractivity (Wildman–Crippen MR) is 113 cm³/mol. The Balaban J connectivity index is 1.61. The number of nitrogens with zero attached hydrogens (tertiary/aromatic N) is 5. The number of nitrogens with one attached hydrogen (secondary N) is 1. The smallest absolute Gasteiger partial charge is 0.227 e. The number of pyridine rings is 1. The van der Waals surface area contributed by atoms with Gasteiger partial charge in [0.05, 0.1) is 5.69 Å². The number of imidazole rings is 1. The van der Waals surface area contributed by atoms with E-state index in [2.05, 4.69) is 51.4 Å². The number of benzene rings is 1. The van der Waals surface area contributed by atoms with Crippen molar-refractivity contribution in [3.8, 4) is 11.4 Å². The Morgan fingerprint density at radius 2 is 1.96 bits per heavy atom. The molecule has 0 amide bonds. The molecule has 6 nitrogen and oxygen atoms in total. The predicted octanol–water partition coefficient (Wildman–Crippen LogP) is 4.29. The van der Waals surface area contributed by atoms with Crippen molar-refractivity contribution in [3.05, 3.63) is 71.6 Å². The van der Waals surface area contributed by atoms with Crippen LogP contribution in [0.1, 0.15) is 5.56 Å². The summed E-state index contributed by atoms with van der Waals surface area (Å²) in [6.07, 6.45) is 4.63. The van der Waals surface area contributed by atoms with Gasteiger partial charge in [-0.25, -0.2) is 15.0 Å². The van der Waals surface area contributed by atoms with Crippen LogP contribution in [0.5, 0.6) is 0 Å². The number of hydrogen-bond donors (Lipinski definition) is 1. The first-order chi connectivity index (χ1) is 13.6. The molecule has 0 bridgehead atoms. The summed E-state index contributed by atoms with van der Waals surface area (Å²) in [4.78, 5) is 15.6. The molecular weight excluding hydrogens is 372 g/mol. The van der Waals surface area contributed by atoms with E-state index in [1.54, 1.807) is 6.20 Å². The van der Waals surface area contributed by atoms with E-state index in [4.69, 9.17) is 11.6 Å². The molecule has 0 saturated heterocycles. The number of rotatable bonds is 6. The molecule has 7 heteroatoms. The monoisotopic (exact) mass is 392 g/mol. The summed E-state index contributed by atoms with van der Waals surface area (Å²) in [5.41, 5.74) is 4.47. The number of likely N-dealkylation sites (N-methyl/N-ethyl adjacent to an activating group) is 1. The van der Waals surface area contributed by atoms with Crippen molar-refractivity contribution in [1.29, 1.82) is 0 Å². The first-order valence-corrected chi connectivity index (χ1v) is 9.44.